The van der Waals surface area contributed by atoms with Crippen molar-refractivity contribution >= 4 is 76.2 Å². The molecule has 9 aromatic carbocycles. The standard InChI is InChI=1S/C48H29N3/c1-2-14-30(15-3-1)45-36-20-8-10-22-38(36)46(39-23-11-9-21-37(39)45)32-26-27-43-40(28-32)47-48(50-42-25-13-12-24-41(42)49-47)51(43)44-29-31-16-4-5-17-33(31)34-18-6-7-19-35(34)44/h1-29H. The van der Waals surface area contributed by atoms with Gasteiger partial charge in [-0.05, 0) is 90.3 Å². The zero-order chi connectivity index (χ0) is 33.5. The summed E-state index contributed by atoms with van der Waals surface area (Å²) in [7, 11) is 0. The van der Waals surface area contributed by atoms with Crippen molar-refractivity contribution in [3.8, 4) is 27.9 Å². The Balaban J connectivity index is 1.27. The molecule has 2 heterocycles. The van der Waals surface area contributed by atoms with Gasteiger partial charge in [0.05, 0.1) is 22.2 Å². The minimum atomic E-state index is 0.857. The van der Waals surface area contributed by atoms with Gasteiger partial charge in [0.15, 0.2) is 5.65 Å². The van der Waals surface area contributed by atoms with E-state index in [1.807, 2.05) is 12.1 Å². The third kappa shape index (κ3) is 4.12. The number of nitrogens with zero attached hydrogens (tertiary/aromatic N) is 3. The first kappa shape index (κ1) is 28.0. The van der Waals surface area contributed by atoms with E-state index in [9.17, 15) is 0 Å². The monoisotopic (exact) mass is 647 g/mol. The summed E-state index contributed by atoms with van der Waals surface area (Å²) in [6.45, 7) is 0. The first-order valence-corrected chi connectivity index (χ1v) is 17.4. The summed E-state index contributed by atoms with van der Waals surface area (Å²) in [4.78, 5) is 10.7. The van der Waals surface area contributed by atoms with Crippen molar-refractivity contribution in [2.75, 3.05) is 0 Å². The van der Waals surface area contributed by atoms with Gasteiger partial charge in [-0.2, -0.15) is 0 Å². The number of hydrogen-bond donors (Lipinski definition) is 0. The molecule has 3 nitrogen and oxygen atoms in total. The fraction of sp³-hybridized carbons (Fsp3) is 0. The average Bonchev–Trinajstić information content (AvgIpc) is 3.51. The minimum absolute atomic E-state index is 0.857. The molecule has 0 amide bonds. The lowest BCUT2D eigenvalue weighted by Crippen LogP contribution is -1.98. The Kier molecular flexibility index (Phi) is 5.96. The fourth-order valence-electron chi connectivity index (χ4n) is 8.34. The molecule has 11 aromatic rings. The predicted molar refractivity (Wildman–Crippen MR) is 215 cm³/mol. The molecular weight excluding hydrogens is 619 g/mol. The fourth-order valence-corrected chi connectivity index (χ4v) is 8.34. The van der Waals surface area contributed by atoms with Gasteiger partial charge in [0.1, 0.15) is 5.52 Å². The van der Waals surface area contributed by atoms with Gasteiger partial charge in [0.25, 0.3) is 0 Å². The van der Waals surface area contributed by atoms with Crippen molar-refractivity contribution in [1.29, 1.82) is 0 Å². The molecule has 236 valence electrons. The second-order valence-electron chi connectivity index (χ2n) is 13.3. The van der Waals surface area contributed by atoms with Crippen LogP contribution in [0.25, 0.3) is 104 Å². The van der Waals surface area contributed by atoms with E-state index >= 15 is 0 Å². The highest BCUT2D eigenvalue weighted by Crippen LogP contribution is 2.45. The normalized spacial score (nSPS) is 11.9. The highest BCUT2D eigenvalue weighted by molar-refractivity contribution is 6.22. The van der Waals surface area contributed by atoms with Gasteiger partial charge >= 0.3 is 0 Å². The molecule has 3 heteroatoms. The molecule has 51 heavy (non-hydrogen) atoms. The van der Waals surface area contributed by atoms with Crippen LogP contribution in [0.4, 0.5) is 0 Å². The van der Waals surface area contributed by atoms with Crippen LogP contribution in [-0.2, 0) is 0 Å². The maximum atomic E-state index is 5.33. The number of benzene rings is 9. The van der Waals surface area contributed by atoms with Gasteiger partial charge in [-0.15, -0.1) is 0 Å². The molecule has 0 saturated heterocycles. The van der Waals surface area contributed by atoms with E-state index in [0.29, 0.717) is 0 Å². The van der Waals surface area contributed by atoms with Gasteiger partial charge in [0, 0.05) is 10.8 Å². The van der Waals surface area contributed by atoms with Crippen LogP contribution in [0.5, 0.6) is 0 Å². The maximum Gasteiger partial charge on any atom is 0.165 e. The molecule has 2 aromatic heterocycles. The van der Waals surface area contributed by atoms with Crippen molar-refractivity contribution in [2.45, 2.75) is 0 Å². The third-order valence-electron chi connectivity index (χ3n) is 10.5. The van der Waals surface area contributed by atoms with Crippen LogP contribution < -0.4 is 0 Å². The topological polar surface area (TPSA) is 30.7 Å². The Labute approximate surface area is 293 Å². The lowest BCUT2D eigenvalue weighted by atomic mass is 9.86. The number of aromatic nitrogens is 3. The van der Waals surface area contributed by atoms with Crippen LogP contribution in [0.15, 0.2) is 176 Å². The number of fused-ring (bicyclic) bond motifs is 9. The maximum absolute atomic E-state index is 5.33. The molecule has 11 rings (SSSR count). The Hall–Kier alpha value is -6.84. The van der Waals surface area contributed by atoms with Crippen molar-refractivity contribution in [3.05, 3.63) is 176 Å². The molecule has 0 bridgehead atoms. The number of hydrogen-bond acceptors (Lipinski definition) is 2. The molecular formula is C48H29N3. The SMILES string of the molecule is c1ccc(-c2c3ccccc3c(-c3ccc4c(c3)c3nc5ccccc5nc3n4-c3cc4ccccc4c4ccccc34)c3ccccc23)cc1. The van der Waals surface area contributed by atoms with Crippen molar-refractivity contribution in [2.24, 2.45) is 0 Å². The van der Waals surface area contributed by atoms with E-state index in [1.54, 1.807) is 0 Å². The molecule has 0 N–H and O–H groups in total. The molecule has 0 spiro atoms. The van der Waals surface area contributed by atoms with E-state index in [4.69, 9.17) is 9.97 Å². The Morgan fingerprint density at radius 1 is 0.353 bits per heavy atom. The molecule has 0 aliphatic carbocycles. The lowest BCUT2D eigenvalue weighted by Gasteiger charge is -2.18. The Bertz CT molecular complexity index is 3140. The van der Waals surface area contributed by atoms with Gasteiger partial charge in [0.2, 0.25) is 0 Å². The van der Waals surface area contributed by atoms with Crippen LogP contribution in [0.3, 0.4) is 0 Å². The molecule has 0 atom stereocenters. The summed E-state index contributed by atoms with van der Waals surface area (Å²) in [5, 5.41) is 10.9. The van der Waals surface area contributed by atoms with Gasteiger partial charge in [-0.25, -0.2) is 9.97 Å². The third-order valence-corrected chi connectivity index (χ3v) is 10.5. The van der Waals surface area contributed by atoms with Crippen LogP contribution in [0, 0.1) is 0 Å². The highest BCUT2D eigenvalue weighted by Gasteiger charge is 2.21. The summed E-state index contributed by atoms with van der Waals surface area (Å²) in [5.74, 6) is 0. The quantitative estimate of drug-likeness (QED) is 0.141. The van der Waals surface area contributed by atoms with Crippen molar-refractivity contribution < 1.29 is 0 Å². The van der Waals surface area contributed by atoms with Gasteiger partial charge in [-0.3, -0.25) is 4.57 Å². The first-order chi connectivity index (χ1) is 25.3. The molecule has 0 aliphatic heterocycles. The molecule has 0 aliphatic rings. The summed E-state index contributed by atoms with van der Waals surface area (Å²) in [5.41, 5.74) is 10.6. The average molecular weight is 648 g/mol. The first-order valence-electron chi connectivity index (χ1n) is 17.4. The summed E-state index contributed by atoms with van der Waals surface area (Å²) in [6, 6.07) is 63.2. The van der Waals surface area contributed by atoms with Crippen LogP contribution in [-0.4, -0.2) is 14.5 Å². The molecule has 0 radical (unpaired) electrons. The Morgan fingerprint density at radius 3 is 1.57 bits per heavy atom. The van der Waals surface area contributed by atoms with Crippen LogP contribution in [0.1, 0.15) is 0 Å². The second-order valence-corrected chi connectivity index (χ2v) is 13.3. The zero-order valence-corrected chi connectivity index (χ0v) is 27.6. The smallest absolute Gasteiger partial charge is 0.165 e. The van der Waals surface area contributed by atoms with Crippen LogP contribution >= 0.6 is 0 Å². The van der Waals surface area contributed by atoms with E-state index < -0.39 is 0 Å². The number of rotatable bonds is 3. The van der Waals surface area contributed by atoms with Crippen LogP contribution in [0.2, 0.25) is 0 Å². The zero-order valence-electron chi connectivity index (χ0n) is 27.6. The molecule has 0 unspecified atom stereocenters. The lowest BCUT2D eigenvalue weighted by molar-refractivity contribution is 1.16. The largest absolute Gasteiger partial charge is 0.292 e. The van der Waals surface area contributed by atoms with Crippen molar-refractivity contribution in [3.63, 3.8) is 0 Å². The van der Waals surface area contributed by atoms with Gasteiger partial charge in [-0.1, -0.05) is 146 Å². The summed E-state index contributed by atoms with van der Waals surface area (Å²) in [6.07, 6.45) is 0. The predicted octanol–water partition coefficient (Wildman–Crippen LogP) is 12.7. The number of para-hydroxylation sites is 2. The van der Waals surface area contributed by atoms with E-state index in [2.05, 4.69) is 168 Å². The summed E-state index contributed by atoms with van der Waals surface area (Å²) >= 11 is 0. The summed E-state index contributed by atoms with van der Waals surface area (Å²) < 4.78 is 2.33. The van der Waals surface area contributed by atoms with E-state index in [1.165, 1.54) is 59.8 Å². The Morgan fingerprint density at radius 2 is 0.882 bits per heavy atom. The van der Waals surface area contributed by atoms with Crippen molar-refractivity contribution in [1.82, 2.24) is 14.5 Å². The van der Waals surface area contributed by atoms with E-state index in [0.717, 1.165) is 44.4 Å². The second kappa shape index (κ2) is 10.8. The molecule has 0 saturated carbocycles. The van der Waals surface area contributed by atoms with Gasteiger partial charge < -0.3 is 0 Å². The minimum Gasteiger partial charge on any atom is -0.292 e. The molecule has 0 fully saturated rings. The van der Waals surface area contributed by atoms with E-state index in [-0.39, 0.29) is 0 Å². The highest BCUT2D eigenvalue weighted by atomic mass is 15.1.